The first-order valence-electron chi connectivity index (χ1n) is 8.05. The van der Waals surface area contributed by atoms with Crippen LogP contribution in [0.3, 0.4) is 0 Å². The molecule has 0 bridgehead atoms. The maximum absolute atomic E-state index is 10.7. The van der Waals surface area contributed by atoms with Crippen molar-refractivity contribution in [2.45, 2.75) is 6.04 Å². The second kappa shape index (κ2) is 7.91. The zero-order valence-electron chi connectivity index (χ0n) is 14.0. The average Bonchev–Trinajstić information content (AvgIpc) is 3.08. The molecule has 8 heteroatoms. The Balaban J connectivity index is 1.61. The quantitative estimate of drug-likeness (QED) is 0.794. The van der Waals surface area contributed by atoms with Gasteiger partial charge in [-0.1, -0.05) is 17.3 Å². The minimum absolute atomic E-state index is 0.126. The number of carbonyl (C=O) groups excluding carboxylic acids is 1. The number of aromatic nitrogens is 2. The molecule has 0 saturated carbocycles. The van der Waals surface area contributed by atoms with Gasteiger partial charge >= 0.3 is 0 Å². The summed E-state index contributed by atoms with van der Waals surface area (Å²) in [6, 6.07) is 7.39. The summed E-state index contributed by atoms with van der Waals surface area (Å²) in [5.74, 6) is 1.23. The standard InChI is InChI=1S/C17H21N5O3/c1-22-9-8-19-10-14(22)17-20-16(25-21-17)7-4-12-2-5-13(6-3-12)24-11-15(18)23/h2-7,14,19H,8-11H2,1H3,(H2,18,23)/b7-4+. The number of rotatable bonds is 6. The van der Waals surface area contributed by atoms with Crippen LogP contribution in [0.1, 0.15) is 23.3 Å². The Labute approximate surface area is 145 Å². The average molecular weight is 343 g/mol. The highest BCUT2D eigenvalue weighted by Gasteiger charge is 2.24. The lowest BCUT2D eigenvalue weighted by Crippen LogP contribution is -2.44. The molecule has 0 aliphatic carbocycles. The molecule has 1 unspecified atom stereocenters. The van der Waals surface area contributed by atoms with Gasteiger partial charge in [-0.2, -0.15) is 4.98 Å². The fourth-order valence-electron chi connectivity index (χ4n) is 2.54. The summed E-state index contributed by atoms with van der Waals surface area (Å²) < 4.78 is 10.5. The maximum Gasteiger partial charge on any atom is 0.255 e. The van der Waals surface area contributed by atoms with E-state index in [9.17, 15) is 4.79 Å². The normalized spacial score (nSPS) is 18.5. The molecular formula is C17H21N5O3. The van der Waals surface area contributed by atoms with Crippen molar-refractivity contribution in [2.75, 3.05) is 33.3 Å². The smallest absolute Gasteiger partial charge is 0.255 e. The van der Waals surface area contributed by atoms with E-state index < -0.39 is 5.91 Å². The van der Waals surface area contributed by atoms with Crippen molar-refractivity contribution in [3.05, 3.63) is 41.5 Å². The van der Waals surface area contributed by atoms with Crippen molar-refractivity contribution in [1.82, 2.24) is 20.4 Å². The molecule has 1 saturated heterocycles. The number of likely N-dealkylation sites (N-methyl/N-ethyl adjacent to an activating group) is 1. The molecule has 1 aliphatic heterocycles. The Kier molecular flexibility index (Phi) is 5.42. The number of nitrogens with one attached hydrogen (secondary N) is 1. The van der Waals surface area contributed by atoms with Crippen LogP contribution >= 0.6 is 0 Å². The predicted octanol–water partition coefficient (Wildman–Crippen LogP) is 0.680. The van der Waals surface area contributed by atoms with E-state index in [1.165, 1.54) is 0 Å². The number of hydrogen-bond acceptors (Lipinski definition) is 7. The minimum atomic E-state index is -0.505. The molecule has 0 spiro atoms. The SMILES string of the molecule is CN1CCNCC1c1noc(/C=C/c2ccc(OCC(N)=O)cc2)n1. The molecule has 3 N–H and O–H groups in total. The van der Waals surface area contributed by atoms with Crippen molar-refractivity contribution in [1.29, 1.82) is 0 Å². The fourth-order valence-corrected chi connectivity index (χ4v) is 2.54. The first-order chi connectivity index (χ1) is 12.1. The second-order valence-electron chi connectivity index (χ2n) is 5.85. The van der Waals surface area contributed by atoms with E-state index in [-0.39, 0.29) is 12.6 Å². The number of piperazine rings is 1. The lowest BCUT2D eigenvalue weighted by molar-refractivity contribution is -0.119. The first kappa shape index (κ1) is 17.1. The topological polar surface area (TPSA) is 107 Å². The molecule has 1 aromatic carbocycles. The van der Waals surface area contributed by atoms with E-state index in [0.29, 0.717) is 17.5 Å². The highest BCUT2D eigenvalue weighted by Crippen LogP contribution is 2.19. The Hall–Kier alpha value is -2.71. The fraction of sp³-hybridized carbons (Fsp3) is 0.353. The van der Waals surface area contributed by atoms with E-state index in [0.717, 1.165) is 25.2 Å². The number of ether oxygens (including phenoxy) is 1. The van der Waals surface area contributed by atoms with Crippen molar-refractivity contribution < 1.29 is 14.1 Å². The van der Waals surface area contributed by atoms with Gasteiger partial charge in [-0.05, 0) is 30.8 Å². The predicted molar refractivity (Wildman–Crippen MR) is 92.6 cm³/mol. The van der Waals surface area contributed by atoms with E-state index in [4.69, 9.17) is 15.0 Å². The zero-order valence-corrected chi connectivity index (χ0v) is 14.0. The summed E-state index contributed by atoms with van der Waals surface area (Å²) in [5.41, 5.74) is 5.99. The first-order valence-corrected chi connectivity index (χ1v) is 8.05. The molecule has 25 heavy (non-hydrogen) atoms. The van der Waals surface area contributed by atoms with E-state index >= 15 is 0 Å². The van der Waals surface area contributed by atoms with E-state index in [1.807, 2.05) is 18.2 Å². The molecule has 2 heterocycles. The summed E-state index contributed by atoms with van der Waals surface area (Å²) in [5, 5.41) is 7.41. The highest BCUT2D eigenvalue weighted by atomic mass is 16.5. The largest absolute Gasteiger partial charge is 0.484 e. The van der Waals surface area contributed by atoms with Gasteiger partial charge in [0.1, 0.15) is 5.75 Å². The van der Waals surface area contributed by atoms with Crippen LogP contribution in [0.2, 0.25) is 0 Å². The molecule has 1 aromatic heterocycles. The van der Waals surface area contributed by atoms with Crippen LogP contribution in [0.5, 0.6) is 5.75 Å². The van der Waals surface area contributed by atoms with Gasteiger partial charge in [-0.3, -0.25) is 9.69 Å². The Morgan fingerprint density at radius 2 is 2.24 bits per heavy atom. The summed E-state index contributed by atoms with van der Waals surface area (Å²) in [6.45, 7) is 2.60. The molecule has 2 aromatic rings. The van der Waals surface area contributed by atoms with Gasteiger partial charge < -0.3 is 20.3 Å². The van der Waals surface area contributed by atoms with Crippen molar-refractivity contribution in [2.24, 2.45) is 5.73 Å². The molecule has 1 aliphatic rings. The molecule has 3 rings (SSSR count). The number of hydrogen-bond donors (Lipinski definition) is 2. The molecule has 8 nitrogen and oxygen atoms in total. The molecule has 1 amide bonds. The van der Waals surface area contributed by atoms with Crippen LogP contribution in [0.4, 0.5) is 0 Å². The second-order valence-corrected chi connectivity index (χ2v) is 5.85. The van der Waals surface area contributed by atoms with Crippen LogP contribution in [-0.4, -0.2) is 54.2 Å². The summed E-state index contributed by atoms with van der Waals surface area (Å²) >= 11 is 0. The molecule has 1 fully saturated rings. The maximum atomic E-state index is 10.7. The number of carbonyl (C=O) groups is 1. The number of nitrogens with zero attached hydrogens (tertiary/aromatic N) is 3. The molecule has 1 atom stereocenters. The lowest BCUT2D eigenvalue weighted by Gasteiger charge is -2.30. The van der Waals surface area contributed by atoms with Gasteiger partial charge in [0.25, 0.3) is 11.8 Å². The number of amides is 1. The number of benzene rings is 1. The van der Waals surface area contributed by atoms with Crippen LogP contribution in [0, 0.1) is 0 Å². The Morgan fingerprint density at radius 3 is 2.96 bits per heavy atom. The van der Waals surface area contributed by atoms with Crippen molar-refractivity contribution >= 4 is 18.1 Å². The minimum Gasteiger partial charge on any atom is -0.484 e. The van der Waals surface area contributed by atoms with Crippen molar-refractivity contribution in [3.63, 3.8) is 0 Å². The van der Waals surface area contributed by atoms with Crippen LogP contribution in [0.25, 0.3) is 12.2 Å². The summed E-state index contributed by atoms with van der Waals surface area (Å²) in [4.78, 5) is 17.3. The van der Waals surface area contributed by atoms with Gasteiger partial charge in [-0.15, -0.1) is 0 Å². The van der Waals surface area contributed by atoms with E-state index in [2.05, 4.69) is 27.4 Å². The Bertz CT molecular complexity index is 741. The molecular weight excluding hydrogens is 322 g/mol. The molecule has 132 valence electrons. The van der Waals surface area contributed by atoms with Crippen molar-refractivity contribution in [3.8, 4) is 5.75 Å². The van der Waals surface area contributed by atoms with Gasteiger partial charge in [0.05, 0.1) is 6.04 Å². The third-order valence-electron chi connectivity index (χ3n) is 3.95. The number of primary amides is 1. The number of nitrogens with two attached hydrogens (primary N) is 1. The lowest BCUT2D eigenvalue weighted by atomic mass is 10.2. The van der Waals surface area contributed by atoms with Gasteiger partial charge in [0.2, 0.25) is 0 Å². The third-order valence-corrected chi connectivity index (χ3v) is 3.95. The van der Waals surface area contributed by atoms with E-state index in [1.54, 1.807) is 18.2 Å². The zero-order chi connectivity index (χ0) is 17.6. The van der Waals surface area contributed by atoms with Gasteiger partial charge in [-0.25, -0.2) is 0 Å². The summed E-state index contributed by atoms with van der Waals surface area (Å²) in [7, 11) is 2.05. The third kappa shape index (κ3) is 4.65. The van der Waals surface area contributed by atoms with Crippen LogP contribution in [-0.2, 0) is 4.79 Å². The van der Waals surface area contributed by atoms with Crippen LogP contribution in [0.15, 0.2) is 28.8 Å². The monoisotopic (exact) mass is 343 g/mol. The molecule has 0 radical (unpaired) electrons. The Morgan fingerprint density at radius 1 is 1.44 bits per heavy atom. The highest BCUT2D eigenvalue weighted by molar-refractivity contribution is 5.75. The van der Waals surface area contributed by atoms with Crippen LogP contribution < -0.4 is 15.8 Å². The van der Waals surface area contributed by atoms with Gasteiger partial charge in [0.15, 0.2) is 12.4 Å². The van der Waals surface area contributed by atoms with Gasteiger partial charge in [0, 0.05) is 25.7 Å². The summed E-state index contributed by atoms with van der Waals surface area (Å²) in [6.07, 6.45) is 3.64.